The highest BCUT2D eigenvalue weighted by atomic mass is 16.5. The van der Waals surface area contributed by atoms with Gasteiger partial charge in [-0.15, -0.1) is 0 Å². The summed E-state index contributed by atoms with van der Waals surface area (Å²) >= 11 is 0. The molecule has 4 nitrogen and oxygen atoms in total. The highest BCUT2D eigenvalue weighted by Crippen LogP contribution is 2.29. The van der Waals surface area contributed by atoms with Gasteiger partial charge in [-0.05, 0) is 31.7 Å². The van der Waals surface area contributed by atoms with Gasteiger partial charge in [0.2, 0.25) is 0 Å². The van der Waals surface area contributed by atoms with Crippen molar-refractivity contribution < 1.29 is 4.74 Å². The molecule has 0 radical (unpaired) electrons. The summed E-state index contributed by atoms with van der Waals surface area (Å²) in [5.74, 6) is 0.507. The van der Waals surface area contributed by atoms with Crippen LogP contribution in [0.25, 0.3) is 0 Å². The summed E-state index contributed by atoms with van der Waals surface area (Å²) < 4.78 is 5.36. The number of H-pyrrole nitrogens is 1. The third-order valence-corrected chi connectivity index (χ3v) is 3.20. The fourth-order valence-corrected chi connectivity index (χ4v) is 2.28. The van der Waals surface area contributed by atoms with E-state index in [1.165, 1.54) is 5.56 Å². The summed E-state index contributed by atoms with van der Waals surface area (Å²) in [6.45, 7) is 3.69. The summed E-state index contributed by atoms with van der Waals surface area (Å²) in [5.41, 5.74) is 3.52. The Kier molecular flexibility index (Phi) is 3.58. The van der Waals surface area contributed by atoms with Crippen LogP contribution in [0, 0.1) is 18.3 Å². The molecule has 1 aromatic rings. The number of aryl methyl sites for hydroxylation is 1. The molecule has 1 saturated heterocycles. The van der Waals surface area contributed by atoms with Gasteiger partial charge in [-0.2, -0.15) is 10.4 Å². The van der Waals surface area contributed by atoms with Crippen LogP contribution in [0.1, 0.15) is 42.1 Å². The molecule has 0 spiro atoms. The fraction of sp³-hybridized carbons (Fsp3) is 0.667. The van der Waals surface area contributed by atoms with Gasteiger partial charge in [-0.1, -0.05) is 0 Å². The monoisotopic (exact) mass is 219 g/mol. The van der Waals surface area contributed by atoms with Crippen LogP contribution in [-0.2, 0) is 11.2 Å². The summed E-state index contributed by atoms with van der Waals surface area (Å²) in [4.78, 5) is 0. The Balaban J connectivity index is 2.16. The minimum atomic E-state index is 0.507. The lowest BCUT2D eigenvalue weighted by molar-refractivity contribution is 0.0843. The van der Waals surface area contributed by atoms with Gasteiger partial charge in [0.05, 0.1) is 11.8 Å². The number of nitrogens with one attached hydrogen (secondary N) is 1. The normalized spacial score (nSPS) is 17.2. The lowest BCUT2D eigenvalue weighted by Gasteiger charge is -2.21. The van der Waals surface area contributed by atoms with E-state index < -0.39 is 0 Å². The summed E-state index contributed by atoms with van der Waals surface area (Å²) in [7, 11) is 0. The first-order valence-corrected chi connectivity index (χ1v) is 5.81. The van der Waals surface area contributed by atoms with Crippen LogP contribution in [0.2, 0.25) is 0 Å². The number of hydrogen-bond acceptors (Lipinski definition) is 3. The smallest absolute Gasteiger partial charge is 0.0689 e. The Hall–Kier alpha value is -1.34. The highest BCUT2D eigenvalue weighted by Gasteiger charge is 2.22. The van der Waals surface area contributed by atoms with Crippen LogP contribution in [0.3, 0.4) is 0 Å². The maximum atomic E-state index is 8.66. The first-order valence-electron chi connectivity index (χ1n) is 5.81. The molecule has 86 valence electrons. The van der Waals surface area contributed by atoms with E-state index in [1.54, 1.807) is 0 Å². The van der Waals surface area contributed by atoms with Gasteiger partial charge >= 0.3 is 0 Å². The second kappa shape index (κ2) is 5.13. The standard InChI is InChI=1S/C12H17N3O/c1-9-11(3-2-6-13)12(15-14-9)10-4-7-16-8-5-10/h10H,2-5,7-8H2,1H3,(H,14,15). The minimum absolute atomic E-state index is 0.507. The van der Waals surface area contributed by atoms with Crippen molar-refractivity contribution in [3.05, 3.63) is 17.0 Å². The van der Waals surface area contributed by atoms with E-state index in [9.17, 15) is 0 Å². The number of aromatic amines is 1. The first-order chi connectivity index (χ1) is 7.83. The summed E-state index contributed by atoms with van der Waals surface area (Å²) in [5, 5.41) is 16.1. The quantitative estimate of drug-likeness (QED) is 0.846. The van der Waals surface area contributed by atoms with Gasteiger partial charge < -0.3 is 4.74 Å². The molecular formula is C12H17N3O. The van der Waals surface area contributed by atoms with Crippen LogP contribution in [-0.4, -0.2) is 23.4 Å². The third-order valence-electron chi connectivity index (χ3n) is 3.20. The lowest BCUT2D eigenvalue weighted by Crippen LogP contribution is -2.15. The van der Waals surface area contributed by atoms with Gasteiger partial charge in [0, 0.05) is 31.2 Å². The highest BCUT2D eigenvalue weighted by molar-refractivity contribution is 5.28. The van der Waals surface area contributed by atoms with Crippen molar-refractivity contribution >= 4 is 0 Å². The predicted octanol–water partition coefficient (Wildman–Crippen LogP) is 2.07. The van der Waals surface area contributed by atoms with E-state index >= 15 is 0 Å². The minimum Gasteiger partial charge on any atom is -0.381 e. The number of hydrogen-bond donors (Lipinski definition) is 1. The molecule has 2 rings (SSSR count). The van der Waals surface area contributed by atoms with Gasteiger partial charge in [0.25, 0.3) is 0 Å². The van der Waals surface area contributed by atoms with E-state index in [-0.39, 0.29) is 0 Å². The third kappa shape index (κ3) is 2.25. The molecule has 0 amide bonds. The molecule has 0 aromatic carbocycles. The number of nitriles is 1. The Morgan fingerprint density at radius 1 is 1.50 bits per heavy atom. The maximum Gasteiger partial charge on any atom is 0.0689 e. The van der Waals surface area contributed by atoms with E-state index in [0.29, 0.717) is 12.3 Å². The Bertz CT molecular complexity index is 385. The Labute approximate surface area is 95.6 Å². The largest absolute Gasteiger partial charge is 0.381 e. The SMILES string of the molecule is Cc1[nH]nc(C2CCOCC2)c1CCC#N. The molecule has 1 aliphatic heterocycles. The molecule has 1 aliphatic rings. The first kappa shape index (κ1) is 11.2. The molecule has 1 N–H and O–H groups in total. The van der Waals surface area contributed by atoms with Crippen molar-refractivity contribution in [3.63, 3.8) is 0 Å². The van der Waals surface area contributed by atoms with Crippen molar-refractivity contribution in [3.8, 4) is 6.07 Å². The molecular weight excluding hydrogens is 202 g/mol. The van der Waals surface area contributed by atoms with E-state index in [2.05, 4.69) is 16.3 Å². The fourth-order valence-electron chi connectivity index (χ4n) is 2.28. The topological polar surface area (TPSA) is 61.7 Å². The number of rotatable bonds is 3. The summed E-state index contributed by atoms with van der Waals surface area (Å²) in [6.07, 6.45) is 3.47. The van der Waals surface area contributed by atoms with Crippen LogP contribution in [0.5, 0.6) is 0 Å². The molecule has 0 bridgehead atoms. The van der Waals surface area contributed by atoms with E-state index in [4.69, 9.17) is 10.00 Å². The maximum absolute atomic E-state index is 8.66. The van der Waals surface area contributed by atoms with E-state index in [0.717, 1.165) is 43.9 Å². The average Bonchev–Trinajstić information content (AvgIpc) is 2.69. The Morgan fingerprint density at radius 3 is 2.94 bits per heavy atom. The molecule has 16 heavy (non-hydrogen) atoms. The predicted molar refractivity (Wildman–Crippen MR) is 60.1 cm³/mol. The molecule has 1 fully saturated rings. The molecule has 0 unspecified atom stereocenters. The average molecular weight is 219 g/mol. The molecule has 0 atom stereocenters. The molecule has 2 heterocycles. The van der Waals surface area contributed by atoms with Crippen LogP contribution in [0.15, 0.2) is 0 Å². The second-order valence-corrected chi connectivity index (χ2v) is 4.26. The zero-order chi connectivity index (χ0) is 11.4. The Morgan fingerprint density at radius 2 is 2.25 bits per heavy atom. The summed E-state index contributed by atoms with van der Waals surface area (Å²) in [6, 6.07) is 2.20. The molecule has 4 heteroatoms. The van der Waals surface area contributed by atoms with Crippen LogP contribution < -0.4 is 0 Å². The number of aromatic nitrogens is 2. The van der Waals surface area contributed by atoms with Crippen LogP contribution >= 0.6 is 0 Å². The van der Waals surface area contributed by atoms with Crippen molar-refractivity contribution in [1.29, 1.82) is 5.26 Å². The second-order valence-electron chi connectivity index (χ2n) is 4.26. The van der Waals surface area contributed by atoms with Gasteiger partial charge in [-0.3, -0.25) is 5.10 Å². The number of nitrogens with zero attached hydrogens (tertiary/aromatic N) is 2. The van der Waals surface area contributed by atoms with Crippen molar-refractivity contribution in [2.45, 2.75) is 38.5 Å². The molecule has 1 aromatic heterocycles. The van der Waals surface area contributed by atoms with Crippen molar-refractivity contribution in [1.82, 2.24) is 10.2 Å². The van der Waals surface area contributed by atoms with Crippen molar-refractivity contribution in [2.75, 3.05) is 13.2 Å². The molecule has 0 aliphatic carbocycles. The van der Waals surface area contributed by atoms with E-state index in [1.807, 2.05) is 6.92 Å². The number of ether oxygens (including phenoxy) is 1. The lowest BCUT2D eigenvalue weighted by atomic mass is 9.92. The van der Waals surface area contributed by atoms with Gasteiger partial charge in [-0.25, -0.2) is 0 Å². The molecule has 0 saturated carbocycles. The van der Waals surface area contributed by atoms with Crippen molar-refractivity contribution in [2.24, 2.45) is 0 Å². The van der Waals surface area contributed by atoms with Crippen LogP contribution in [0.4, 0.5) is 0 Å². The van der Waals surface area contributed by atoms with Gasteiger partial charge in [0.15, 0.2) is 0 Å². The zero-order valence-corrected chi connectivity index (χ0v) is 9.62. The zero-order valence-electron chi connectivity index (χ0n) is 9.62. The van der Waals surface area contributed by atoms with Gasteiger partial charge in [0.1, 0.15) is 0 Å².